The van der Waals surface area contributed by atoms with Crippen LogP contribution in [-0.4, -0.2) is 32.6 Å². The van der Waals surface area contributed by atoms with Crippen LogP contribution >= 0.6 is 0 Å². The van der Waals surface area contributed by atoms with Gasteiger partial charge in [-0.05, 0) is 25.0 Å². The molecule has 1 atom stereocenters. The first-order valence-electron chi connectivity index (χ1n) is 7.30. The van der Waals surface area contributed by atoms with E-state index in [0.717, 1.165) is 18.5 Å². The lowest BCUT2D eigenvalue weighted by Crippen LogP contribution is -2.42. The van der Waals surface area contributed by atoms with Gasteiger partial charge in [0, 0.05) is 6.42 Å². The molecule has 0 unspecified atom stereocenters. The second kappa shape index (κ2) is 6.38. The topological polar surface area (TPSA) is 88.9 Å². The minimum Gasteiger partial charge on any atom is -0.344 e. The molecule has 0 radical (unpaired) electrons. The summed E-state index contributed by atoms with van der Waals surface area (Å²) >= 11 is 0. The third-order valence-electron chi connectivity index (χ3n) is 3.62. The summed E-state index contributed by atoms with van der Waals surface area (Å²) in [5.74, 6) is -0.00250. The second-order valence-corrected chi connectivity index (χ2v) is 5.22. The minimum absolute atomic E-state index is 0.0813. The van der Waals surface area contributed by atoms with Crippen LogP contribution in [-0.2, 0) is 9.59 Å². The van der Waals surface area contributed by atoms with E-state index >= 15 is 0 Å². The average molecular weight is 299 g/mol. The molecular weight excluding hydrogens is 282 g/mol. The molecule has 0 saturated carbocycles. The highest BCUT2D eigenvalue weighted by atomic mass is 16.2. The van der Waals surface area contributed by atoms with Crippen molar-refractivity contribution in [3.63, 3.8) is 0 Å². The van der Waals surface area contributed by atoms with Crippen LogP contribution in [0.1, 0.15) is 25.7 Å². The van der Waals surface area contributed by atoms with Crippen LogP contribution in [0, 0.1) is 0 Å². The van der Waals surface area contributed by atoms with E-state index in [1.54, 1.807) is 4.57 Å². The first kappa shape index (κ1) is 14.2. The number of para-hydroxylation sites is 1. The molecule has 0 bridgehead atoms. The van der Waals surface area contributed by atoms with E-state index in [9.17, 15) is 9.59 Å². The lowest BCUT2D eigenvalue weighted by atomic mass is 10.1. The SMILES string of the molecule is O=C1CCCC[C@H](C(=O)Nc2nncn2-c2ccccc2)N1. The van der Waals surface area contributed by atoms with Gasteiger partial charge in [-0.15, -0.1) is 10.2 Å². The third kappa shape index (κ3) is 3.13. The van der Waals surface area contributed by atoms with Crippen LogP contribution in [0.2, 0.25) is 0 Å². The summed E-state index contributed by atoms with van der Waals surface area (Å²) in [5.41, 5.74) is 0.854. The van der Waals surface area contributed by atoms with E-state index in [2.05, 4.69) is 20.8 Å². The number of hydrogen-bond acceptors (Lipinski definition) is 4. The highest BCUT2D eigenvalue weighted by Gasteiger charge is 2.24. The summed E-state index contributed by atoms with van der Waals surface area (Å²) in [5, 5.41) is 13.3. The summed E-state index contributed by atoms with van der Waals surface area (Å²) in [4.78, 5) is 23.9. The molecule has 7 nitrogen and oxygen atoms in total. The van der Waals surface area contributed by atoms with Crippen molar-refractivity contribution in [2.75, 3.05) is 5.32 Å². The quantitative estimate of drug-likeness (QED) is 0.893. The number of hydrogen-bond donors (Lipinski definition) is 2. The van der Waals surface area contributed by atoms with E-state index in [4.69, 9.17) is 0 Å². The Morgan fingerprint density at radius 3 is 2.91 bits per heavy atom. The Balaban J connectivity index is 1.75. The van der Waals surface area contributed by atoms with Gasteiger partial charge in [0.15, 0.2) is 0 Å². The normalized spacial score (nSPS) is 18.4. The van der Waals surface area contributed by atoms with Crippen molar-refractivity contribution in [3.05, 3.63) is 36.7 Å². The molecule has 2 aromatic rings. The third-order valence-corrected chi connectivity index (χ3v) is 3.62. The van der Waals surface area contributed by atoms with E-state index in [-0.39, 0.29) is 11.8 Å². The maximum atomic E-state index is 12.3. The lowest BCUT2D eigenvalue weighted by Gasteiger charge is -2.15. The zero-order chi connectivity index (χ0) is 15.4. The largest absolute Gasteiger partial charge is 0.344 e. The van der Waals surface area contributed by atoms with Crippen molar-refractivity contribution >= 4 is 17.8 Å². The van der Waals surface area contributed by atoms with Crippen molar-refractivity contribution < 1.29 is 9.59 Å². The molecule has 22 heavy (non-hydrogen) atoms. The number of amides is 2. The van der Waals surface area contributed by atoms with Crippen LogP contribution in [0.15, 0.2) is 36.7 Å². The van der Waals surface area contributed by atoms with Gasteiger partial charge in [0.05, 0.1) is 5.69 Å². The van der Waals surface area contributed by atoms with Crippen LogP contribution < -0.4 is 10.6 Å². The van der Waals surface area contributed by atoms with Crippen molar-refractivity contribution in [1.29, 1.82) is 0 Å². The Hall–Kier alpha value is -2.70. The number of benzene rings is 1. The number of nitrogens with zero attached hydrogens (tertiary/aromatic N) is 3. The van der Waals surface area contributed by atoms with Gasteiger partial charge in [-0.25, -0.2) is 0 Å². The summed E-state index contributed by atoms with van der Waals surface area (Å²) in [6.07, 6.45) is 4.32. The fraction of sp³-hybridized carbons (Fsp3) is 0.333. The molecular formula is C15H17N5O2. The van der Waals surface area contributed by atoms with Gasteiger partial charge < -0.3 is 5.32 Å². The number of carbonyl (C=O) groups excluding carboxylic acids is 2. The number of rotatable bonds is 3. The summed E-state index contributed by atoms with van der Waals surface area (Å²) in [6.45, 7) is 0. The van der Waals surface area contributed by atoms with E-state index in [1.807, 2.05) is 30.3 Å². The van der Waals surface area contributed by atoms with Crippen LogP contribution in [0.25, 0.3) is 5.69 Å². The average Bonchev–Trinajstić information content (AvgIpc) is 2.88. The number of nitrogens with one attached hydrogen (secondary N) is 2. The Morgan fingerprint density at radius 2 is 2.09 bits per heavy atom. The zero-order valence-corrected chi connectivity index (χ0v) is 12.0. The number of aromatic nitrogens is 3. The minimum atomic E-state index is -0.518. The Bertz CT molecular complexity index is 668. The maximum absolute atomic E-state index is 12.3. The van der Waals surface area contributed by atoms with Gasteiger partial charge >= 0.3 is 0 Å². The van der Waals surface area contributed by atoms with Gasteiger partial charge in [-0.2, -0.15) is 0 Å². The molecule has 1 saturated heterocycles. The highest BCUT2D eigenvalue weighted by molar-refractivity contribution is 5.96. The van der Waals surface area contributed by atoms with Gasteiger partial charge in [-0.1, -0.05) is 24.6 Å². The molecule has 1 aromatic carbocycles. The molecule has 1 fully saturated rings. The van der Waals surface area contributed by atoms with Gasteiger partial charge in [0.2, 0.25) is 17.8 Å². The predicted octanol–water partition coefficient (Wildman–Crippen LogP) is 1.26. The molecule has 0 aliphatic carbocycles. The zero-order valence-electron chi connectivity index (χ0n) is 12.0. The summed E-state index contributed by atoms with van der Waals surface area (Å²) < 4.78 is 1.69. The lowest BCUT2D eigenvalue weighted by molar-refractivity contribution is -0.126. The van der Waals surface area contributed by atoms with Crippen molar-refractivity contribution in [3.8, 4) is 5.69 Å². The van der Waals surface area contributed by atoms with Crippen molar-refractivity contribution in [2.24, 2.45) is 0 Å². The van der Waals surface area contributed by atoms with Crippen LogP contribution in [0.3, 0.4) is 0 Å². The van der Waals surface area contributed by atoms with Crippen LogP contribution in [0.4, 0.5) is 5.95 Å². The molecule has 114 valence electrons. The summed E-state index contributed by atoms with van der Waals surface area (Å²) in [7, 11) is 0. The monoisotopic (exact) mass is 299 g/mol. The van der Waals surface area contributed by atoms with Crippen molar-refractivity contribution in [1.82, 2.24) is 20.1 Å². The second-order valence-electron chi connectivity index (χ2n) is 5.22. The fourth-order valence-corrected chi connectivity index (χ4v) is 2.46. The van der Waals surface area contributed by atoms with Crippen molar-refractivity contribution in [2.45, 2.75) is 31.7 Å². The molecule has 2 heterocycles. The van der Waals surface area contributed by atoms with Gasteiger partial charge in [0.25, 0.3) is 0 Å². The first-order chi connectivity index (χ1) is 10.7. The smallest absolute Gasteiger partial charge is 0.249 e. The van der Waals surface area contributed by atoms with Gasteiger partial charge in [0.1, 0.15) is 12.4 Å². The molecule has 7 heteroatoms. The Labute approximate surface area is 127 Å². The predicted molar refractivity (Wildman–Crippen MR) is 80.4 cm³/mol. The molecule has 1 aliphatic rings. The maximum Gasteiger partial charge on any atom is 0.249 e. The van der Waals surface area contributed by atoms with Gasteiger partial charge in [-0.3, -0.25) is 19.5 Å². The molecule has 1 aromatic heterocycles. The first-order valence-corrected chi connectivity index (χ1v) is 7.30. The Kier molecular flexibility index (Phi) is 4.13. The fourth-order valence-electron chi connectivity index (χ4n) is 2.46. The van der Waals surface area contributed by atoms with Crippen LogP contribution in [0.5, 0.6) is 0 Å². The number of anilines is 1. The molecule has 1 aliphatic heterocycles. The van der Waals surface area contributed by atoms with E-state index < -0.39 is 6.04 Å². The highest BCUT2D eigenvalue weighted by Crippen LogP contribution is 2.15. The summed E-state index contributed by atoms with van der Waals surface area (Å²) in [6, 6.07) is 8.97. The standard InChI is InChI=1S/C15H17N5O2/c21-13-9-5-4-8-12(17-13)14(22)18-15-19-16-10-20(15)11-6-2-1-3-7-11/h1-3,6-7,10,12H,4-5,8-9H2,(H,17,21)(H,18,19,22)/t12-/m1/s1. The number of carbonyl (C=O) groups is 2. The molecule has 0 spiro atoms. The molecule has 2 N–H and O–H groups in total. The Morgan fingerprint density at radius 1 is 1.27 bits per heavy atom. The molecule has 3 rings (SSSR count). The van der Waals surface area contributed by atoms with E-state index in [0.29, 0.717) is 18.8 Å². The molecule has 2 amide bonds. The van der Waals surface area contributed by atoms with E-state index in [1.165, 1.54) is 6.33 Å².